The summed E-state index contributed by atoms with van der Waals surface area (Å²) in [4.78, 5) is 28.2. The molecule has 1 atom stereocenters. The molecule has 186 valence electrons. The van der Waals surface area contributed by atoms with E-state index in [0.29, 0.717) is 22.7 Å². The Morgan fingerprint density at radius 1 is 1.06 bits per heavy atom. The fourth-order valence-electron chi connectivity index (χ4n) is 3.62. The van der Waals surface area contributed by atoms with E-state index in [1.807, 2.05) is 27.7 Å². The van der Waals surface area contributed by atoms with E-state index in [2.05, 4.69) is 5.32 Å². The van der Waals surface area contributed by atoms with Gasteiger partial charge in [-0.15, -0.1) is 0 Å². The second kappa shape index (κ2) is 11.2. The number of nitrogens with one attached hydrogen (secondary N) is 1. The number of carbonyl (C=O) groups excluding carboxylic acids is 2. The molecule has 1 N–H and O–H groups in total. The van der Waals surface area contributed by atoms with Crippen LogP contribution in [0.3, 0.4) is 0 Å². The standard InChI is InChI=1S/C25H34ClN3O4S/c1-7-21(24(31)27-25(3,4)5)28(16-19-13-9-10-14-20(19)26)23(30)17-29(34(6,32)33)22-15-11-8-12-18(22)2/h8-15,21H,7,16-17H2,1-6H3,(H,27,31)/t21-/m0/s1. The Morgan fingerprint density at radius 3 is 2.18 bits per heavy atom. The van der Waals surface area contributed by atoms with Crippen LogP contribution in [0.4, 0.5) is 5.69 Å². The lowest BCUT2D eigenvalue weighted by Gasteiger charge is -2.34. The quantitative estimate of drug-likeness (QED) is 0.552. The Bertz CT molecular complexity index is 1130. The highest BCUT2D eigenvalue weighted by molar-refractivity contribution is 7.92. The maximum atomic E-state index is 13.7. The monoisotopic (exact) mass is 507 g/mol. The summed E-state index contributed by atoms with van der Waals surface area (Å²) >= 11 is 6.36. The van der Waals surface area contributed by atoms with Crippen LogP contribution in [0.1, 0.15) is 45.2 Å². The zero-order valence-electron chi connectivity index (χ0n) is 20.6. The lowest BCUT2D eigenvalue weighted by molar-refractivity contribution is -0.141. The molecule has 2 aromatic carbocycles. The minimum atomic E-state index is -3.77. The molecule has 2 amide bonds. The zero-order valence-corrected chi connectivity index (χ0v) is 22.2. The summed E-state index contributed by atoms with van der Waals surface area (Å²) in [7, 11) is -3.77. The van der Waals surface area contributed by atoms with Gasteiger partial charge in [-0.25, -0.2) is 8.42 Å². The van der Waals surface area contributed by atoms with Crippen LogP contribution in [0.25, 0.3) is 0 Å². The number of hydrogen-bond acceptors (Lipinski definition) is 4. The van der Waals surface area contributed by atoms with Crippen molar-refractivity contribution >= 4 is 39.1 Å². The van der Waals surface area contributed by atoms with Crippen molar-refractivity contribution in [2.75, 3.05) is 17.1 Å². The first-order valence-electron chi connectivity index (χ1n) is 11.1. The molecular weight excluding hydrogens is 474 g/mol. The number of aryl methyl sites for hydroxylation is 1. The fraction of sp³-hybridized carbons (Fsp3) is 0.440. The third kappa shape index (κ3) is 7.46. The van der Waals surface area contributed by atoms with E-state index in [0.717, 1.165) is 16.1 Å². The molecule has 7 nitrogen and oxygen atoms in total. The summed E-state index contributed by atoms with van der Waals surface area (Å²) in [6.07, 6.45) is 1.41. The van der Waals surface area contributed by atoms with Gasteiger partial charge in [0.25, 0.3) is 0 Å². The van der Waals surface area contributed by atoms with Crippen molar-refractivity contribution in [1.29, 1.82) is 0 Å². The maximum Gasteiger partial charge on any atom is 0.244 e. The number of sulfonamides is 1. The van der Waals surface area contributed by atoms with Crippen molar-refractivity contribution in [2.24, 2.45) is 0 Å². The molecule has 0 aromatic heterocycles. The molecular formula is C25H34ClN3O4S. The second-order valence-electron chi connectivity index (χ2n) is 9.33. The lowest BCUT2D eigenvalue weighted by Crippen LogP contribution is -2.55. The van der Waals surface area contributed by atoms with Crippen molar-refractivity contribution < 1.29 is 18.0 Å². The number of amides is 2. The first-order chi connectivity index (χ1) is 15.7. The summed E-state index contributed by atoms with van der Waals surface area (Å²) < 4.78 is 26.4. The molecule has 0 saturated heterocycles. The predicted octanol–water partition coefficient (Wildman–Crippen LogP) is 4.14. The smallest absolute Gasteiger partial charge is 0.244 e. The molecule has 0 heterocycles. The van der Waals surface area contributed by atoms with Gasteiger partial charge in [-0.05, 0) is 57.4 Å². The molecule has 2 rings (SSSR count). The van der Waals surface area contributed by atoms with Crippen LogP contribution in [0.15, 0.2) is 48.5 Å². The van der Waals surface area contributed by atoms with Gasteiger partial charge in [-0.1, -0.05) is 54.9 Å². The Labute approximate surface area is 208 Å². The van der Waals surface area contributed by atoms with Gasteiger partial charge in [0.2, 0.25) is 21.8 Å². The van der Waals surface area contributed by atoms with Gasteiger partial charge in [0.15, 0.2) is 0 Å². The number of hydrogen-bond donors (Lipinski definition) is 1. The van der Waals surface area contributed by atoms with E-state index in [1.165, 1.54) is 4.90 Å². The maximum absolute atomic E-state index is 13.7. The highest BCUT2D eigenvalue weighted by Gasteiger charge is 2.33. The van der Waals surface area contributed by atoms with E-state index < -0.39 is 34.1 Å². The molecule has 0 fully saturated rings. The molecule has 34 heavy (non-hydrogen) atoms. The number of para-hydroxylation sites is 1. The van der Waals surface area contributed by atoms with Crippen molar-refractivity contribution in [3.63, 3.8) is 0 Å². The molecule has 9 heteroatoms. The largest absolute Gasteiger partial charge is 0.350 e. The summed E-state index contributed by atoms with van der Waals surface area (Å²) in [6.45, 7) is 8.82. The van der Waals surface area contributed by atoms with Crippen molar-refractivity contribution in [3.05, 3.63) is 64.7 Å². The van der Waals surface area contributed by atoms with Gasteiger partial charge >= 0.3 is 0 Å². The van der Waals surface area contributed by atoms with E-state index in [-0.39, 0.29) is 12.5 Å². The minimum absolute atomic E-state index is 0.0694. The average molecular weight is 508 g/mol. The predicted molar refractivity (Wildman–Crippen MR) is 137 cm³/mol. The van der Waals surface area contributed by atoms with Crippen molar-refractivity contribution in [1.82, 2.24) is 10.2 Å². The molecule has 0 spiro atoms. The Morgan fingerprint density at radius 2 is 1.65 bits per heavy atom. The lowest BCUT2D eigenvalue weighted by atomic mass is 10.1. The van der Waals surface area contributed by atoms with E-state index in [1.54, 1.807) is 55.5 Å². The number of nitrogens with zero attached hydrogens (tertiary/aromatic N) is 2. The molecule has 0 bridgehead atoms. The van der Waals surface area contributed by atoms with Crippen LogP contribution >= 0.6 is 11.6 Å². The molecule has 0 aliphatic rings. The van der Waals surface area contributed by atoms with Crippen LogP contribution in [0.5, 0.6) is 0 Å². The zero-order chi connectivity index (χ0) is 25.7. The SMILES string of the molecule is CC[C@@H](C(=O)NC(C)(C)C)N(Cc1ccccc1Cl)C(=O)CN(c1ccccc1C)S(C)(=O)=O. The highest BCUT2D eigenvalue weighted by Crippen LogP contribution is 2.24. The van der Waals surface area contributed by atoms with Gasteiger partial charge in [0.05, 0.1) is 11.9 Å². The van der Waals surface area contributed by atoms with Gasteiger partial charge < -0.3 is 10.2 Å². The fourth-order valence-corrected chi connectivity index (χ4v) is 4.72. The summed E-state index contributed by atoms with van der Waals surface area (Å²) in [5.74, 6) is -0.804. The number of halogens is 1. The minimum Gasteiger partial charge on any atom is -0.350 e. The summed E-state index contributed by atoms with van der Waals surface area (Å²) in [5, 5.41) is 3.40. The number of carbonyl (C=O) groups is 2. The average Bonchev–Trinajstić information content (AvgIpc) is 2.71. The van der Waals surface area contributed by atoms with E-state index in [9.17, 15) is 18.0 Å². The van der Waals surface area contributed by atoms with Crippen LogP contribution in [-0.2, 0) is 26.2 Å². The highest BCUT2D eigenvalue weighted by atomic mass is 35.5. The number of rotatable bonds is 9. The van der Waals surface area contributed by atoms with Crippen molar-refractivity contribution in [3.8, 4) is 0 Å². The molecule has 0 unspecified atom stereocenters. The first kappa shape index (κ1) is 27.7. The second-order valence-corrected chi connectivity index (χ2v) is 11.6. The molecule has 2 aromatic rings. The third-order valence-electron chi connectivity index (χ3n) is 5.25. The van der Waals surface area contributed by atoms with E-state index >= 15 is 0 Å². The van der Waals surface area contributed by atoms with Gasteiger partial charge in [-0.3, -0.25) is 13.9 Å². The Balaban J connectivity index is 2.49. The molecule has 0 radical (unpaired) electrons. The van der Waals surface area contributed by atoms with Gasteiger partial charge in [0.1, 0.15) is 12.6 Å². The van der Waals surface area contributed by atoms with Crippen molar-refractivity contribution in [2.45, 2.75) is 59.2 Å². The van der Waals surface area contributed by atoms with Crippen LogP contribution in [0.2, 0.25) is 5.02 Å². The molecule has 0 aliphatic heterocycles. The normalized spacial score (nSPS) is 12.7. The van der Waals surface area contributed by atoms with Gasteiger partial charge in [0, 0.05) is 17.1 Å². The van der Waals surface area contributed by atoms with Crippen LogP contribution < -0.4 is 9.62 Å². The number of benzene rings is 2. The Hall–Kier alpha value is -2.58. The first-order valence-corrected chi connectivity index (χ1v) is 13.4. The molecule has 0 saturated carbocycles. The van der Waals surface area contributed by atoms with E-state index in [4.69, 9.17) is 11.6 Å². The third-order valence-corrected chi connectivity index (χ3v) is 6.74. The molecule has 0 aliphatic carbocycles. The Kier molecular flexibility index (Phi) is 9.14. The van der Waals surface area contributed by atoms with Crippen LogP contribution in [0, 0.1) is 6.92 Å². The number of anilines is 1. The summed E-state index contributed by atoms with van der Waals surface area (Å²) in [5.41, 5.74) is 1.31. The summed E-state index contributed by atoms with van der Waals surface area (Å²) in [6, 6.07) is 13.2. The van der Waals surface area contributed by atoms with Crippen LogP contribution in [-0.4, -0.2) is 49.5 Å². The van der Waals surface area contributed by atoms with Gasteiger partial charge in [-0.2, -0.15) is 0 Å². The topological polar surface area (TPSA) is 86.8 Å².